The maximum Gasteiger partial charge on any atom is 0.292 e. The predicted octanol–water partition coefficient (Wildman–Crippen LogP) is 1.63. The van der Waals surface area contributed by atoms with Crippen LogP contribution in [0.25, 0.3) is 0 Å². The van der Waals surface area contributed by atoms with Gasteiger partial charge >= 0.3 is 0 Å². The lowest BCUT2D eigenvalue weighted by atomic mass is 10.1. The highest BCUT2D eigenvalue weighted by Crippen LogP contribution is 2.35. The van der Waals surface area contributed by atoms with Gasteiger partial charge in [-0.2, -0.15) is 0 Å². The summed E-state index contributed by atoms with van der Waals surface area (Å²) in [5, 5.41) is 2.71. The number of anilines is 1. The number of ether oxygens (including phenoxy) is 1. The van der Waals surface area contributed by atoms with Gasteiger partial charge in [-0.25, -0.2) is 9.88 Å². The summed E-state index contributed by atoms with van der Waals surface area (Å²) in [5.74, 6) is 1.07. The van der Waals surface area contributed by atoms with E-state index in [-0.39, 0.29) is 18.1 Å². The molecule has 23 heavy (non-hydrogen) atoms. The van der Waals surface area contributed by atoms with Gasteiger partial charge in [0.05, 0.1) is 18.7 Å². The Morgan fingerprint density at radius 3 is 3.09 bits per heavy atom. The fourth-order valence-electron chi connectivity index (χ4n) is 3.81. The highest BCUT2D eigenvalue weighted by Gasteiger charge is 2.55. The third-order valence-electron chi connectivity index (χ3n) is 4.69. The van der Waals surface area contributed by atoms with Crippen LogP contribution < -0.4 is 14.5 Å². The molecule has 3 atom stereocenters. The maximum absolute atomic E-state index is 13.0. The Labute approximate surface area is 139 Å². The molecular formula is C17H20N3O2S+. The van der Waals surface area contributed by atoms with E-state index in [1.165, 1.54) is 16.2 Å². The molecule has 6 heteroatoms. The van der Waals surface area contributed by atoms with Gasteiger partial charge in [-0.15, -0.1) is 11.3 Å². The molecule has 1 N–H and O–H groups in total. The molecule has 0 radical (unpaired) electrons. The molecule has 0 saturated carbocycles. The van der Waals surface area contributed by atoms with Crippen molar-refractivity contribution in [1.82, 2.24) is 4.98 Å². The maximum atomic E-state index is 13.0. The molecule has 3 unspecified atom stereocenters. The van der Waals surface area contributed by atoms with Crippen molar-refractivity contribution < 1.29 is 14.4 Å². The topological polar surface area (TPSA) is 46.9 Å². The number of para-hydroxylation sites is 1. The van der Waals surface area contributed by atoms with Crippen LogP contribution in [0.15, 0.2) is 35.8 Å². The summed E-state index contributed by atoms with van der Waals surface area (Å²) in [6, 6.07) is 8.13. The van der Waals surface area contributed by atoms with Crippen LogP contribution in [0, 0.1) is 0 Å². The number of hydrogen-bond donors (Lipinski definition) is 1. The molecule has 1 aromatic carbocycles. The highest BCUT2D eigenvalue weighted by atomic mass is 32.1. The Morgan fingerprint density at radius 1 is 1.43 bits per heavy atom. The summed E-state index contributed by atoms with van der Waals surface area (Å²) in [5.41, 5.74) is 1.08. The highest BCUT2D eigenvalue weighted by molar-refractivity contribution is 7.13. The van der Waals surface area contributed by atoms with Crippen LogP contribution in [0.2, 0.25) is 0 Å². The van der Waals surface area contributed by atoms with Gasteiger partial charge < -0.3 is 9.64 Å². The first kappa shape index (κ1) is 14.7. The monoisotopic (exact) mass is 330 g/mol. The number of fused-ring (bicyclic) bond motifs is 1. The molecule has 1 amide bonds. The van der Waals surface area contributed by atoms with Gasteiger partial charge in [0.25, 0.3) is 5.91 Å². The predicted molar refractivity (Wildman–Crippen MR) is 88.8 cm³/mol. The molecular weight excluding hydrogens is 310 g/mol. The van der Waals surface area contributed by atoms with Gasteiger partial charge in [0, 0.05) is 24.4 Å². The number of benzene rings is 1. The Kier molecular flexibility index (Phi) is 3.79. The number of hydrogen-bond acceptors (Lipinski definition) is 4. The first-order chi connectivity index (χ1) is 11.3. The van der Waals surface area contributed by atoms with Crippen LogP contribution in [-0.2, 0) is 4.79 Å². The van der Waals surface area contributed by atoms with Crippen LogP contribution in [0.5, 0.6) is 5.75 Å². The van der Waals surface area contributed by atoms with Gasteiger partial charge in [0.2, 0.25) is 6.17 Å². The molecule has 120 valence electrons. The molecule has 0 aliphatic carbocycles. The fourth-order valence-corrected chi connectivity index (χ4v) is 4.49. The number of nitrogens with one attached hydrogen (secondary N) is 1. The van der Waals surface area contributed by atoms with Crippen molar-refractivity contribution in [2.45, 2.75) is 32.0 Å². The number of aromatic nitrogens is 1. The zero-order chi connectivity index (χ0) is 15.8. The second-order valence-corrected chi connectivity index (χ2v) is 6.79. The zero-order valence-corrected chi connectivity index (χ0v) is 13.9. The molecule has 0 bridgehead atoms. The summed E-state index contributed by atoms with van der Waals surface area (Å²) in [7, 11) is 0. The molecule has 2 aliphatic heterocycles. The summed E-state index contributed by atoms with van der Waals surface area (Å²) >= 11 is 1.52. The van der Waals surface area contributed by atoms with Crippen molar-refractivity contribution in [3.8, 4) is 5.75 Å². The van der Waals surface area contributed by atoms with Crippen LogP contribution in [0.4, 0.5) is 5.13 Å². The lowest BCUT2D eigenvalue weighted by molar-refractivity contribution is -0.924. The molecule has 3 heterocycles. The quantitative estimate of drug-likeness (QED) is 0.927. The number of carbonyl (C=O) groups excluding carboxylic acids is 1. The lowest BCUT2D eigenvalue weighted by Crippen LogP contribution is -3.12. The number of thiazole rings is 1. The Bertz CT molecular complexity index is 704. The van der Waals surface area contributed by atoms with Crippen molar-refractivity contribution in [2.75, 3.05) is 18.1 Å². The number of nitrogens with zero attached hydrogens (tertiary/aromatic N) is 2. The standard InChI is InChI=1S/C17H19N3O2S/c1-2-22-14-8-4-3-6-12(14)15-19-10-5-7-13(19)16(21)20(15)17-18-9-11-23-17/h3-4,6,8-9,11,13,15H,2,5,7,10H2,1H3/p+1. The second kappa shape index (κ2) is 5.94. The summed E-state index contributed by atoms with van der Waals surface area (Å²) in [4.78, 5) is 20.6. The average molecular weight is 330 g/mol. The van der Waals surface area contributed by atoms with Crippen molar-refractivity contribution >= 4 is 22.4 Å². The molecule has 0 spiro atoms. The van der Waals surface area contributed by atoms with E-state index in [1.807, 2.05) is 35.4 Å². The average Bonchev–Trinajstić information content (AvgIpc) is 3.27. The van der Waals surface area contributed by atoms with Gasteiger partial charge in [-0.05, 0) is 19.1 Å². The Balaban J connectivity index is 1.81. The summed E-state index contributed by atoms with van der Waals surface area (Å²) < 4.78 is 5.83. The molecule has 1 aromatic heterocycles. The van der Waals surface area contributed by atoms with Gasteiger partial charge in [0.1, 0.15) is 5.75 Å². The van der Waals surface area contributed by atoms with E-state index >= 15 is 0 Å². The largest absolute Gasteiger partial charge is 0.493 e. The normalized spacial score (nSPS) is 26.6. The number of rotatable bonds is 4. The van der Waals surface area contributed by atoms with Crippen LogP contribution in [-0.4, -0.2) is 30.1 Å². The van der Waals surface area contributed by atoms with Crippen LogP contribution >= 0.6 is 11.3 Å². The molecule has 5 nitrogen and oxygen atoms in total. The molecule has 2 saturated heterocycles. The SMILES string of the molecule is CCOc1ccccc1C1N(c2nccs2)C(=O)C2CCC[NH+]21. The third kappa shape index (κ3) is 2.33. The van der Waals surface area contributed by atoms with Crippen molar-refractivity contribution in [2.24, 2.45) is 0 Å². The molecule has 2 aromatic rings. The number of quaternary nitrogens is 1. The number of carbonyl (C=O) groups is 1. The van der Waals surface area contributed by atoms with Crippen LogP contribution in [0.1, 0.15) is 31.5 Å². The van der Waals surface area contributed by atoms with E-state index in [2.05, 4.69) is 11.1 Å². The van der Waals surface area contributed by atoms with Gasteiger partial charge in [-0.1, -0.05) is 12.1 Å². The van der Waals surface area contributed by atoms with Crippen LogP contribution in [0.3, 0.4) is 0 Å². The molecule has 4 rings (SSSR count). The second-order valence-electron chi connectivity index (χ2n) is 5.92. The van der Waals surface area contributed by atoms with E-state index in [0.717, 1.165) is 35.8 Å². The Hall–Kier alpha value is -1.92. The minimum absolute atomic E-state index is 0.0381. The smallest absolute Gasteiger partial charge is 0.292 e. The van der Waals surface area contributed by atoms with E-state index < -0.39 is 0 Å². The first-order valence-electron chi connectivity index (χ1n) is 8.11. The van der Waals surface area contributed by atoms with Crippen molar-refractivity contribution in [3.63, 3.8) is 0 Å². The minimum atomic E-state index is -0.0381. The van der Waals surface area contributed by atoms with E-state index in [0.29, 0.717) is 6.61 Å². The van der Waals surface area contributed by atoms with E-state index in [1.54, 1.807) is 6.20 Å². The minimum Gasteiger partial charge on any atom is -0.493 e. The van der Waals surface area contributed by atoms with Gasteiger partial charge in [-0.3, -0.25) is 4.79 Å². The summed E-state index contributed by atoms with van der Waals surface area (Å²) in [6.07, 6.45) is 3.79. The van der Waals surface area contributed by atoms with Gasteiger partial charge in [0.15, 0.2) is 11.2 Å². The van der Waals surface area contributed by atoms with Crippen molar-refractivity contribution in [3.05, 3.63) is 41.4 Å². The van der Waals surface area contributed by atoms with Crippen molar-refractivity contribution in [1.29, 1.82) is 0 Å². The third-order valence-corrected chi connectivity index (χ3v) is 5.46. The zero-order valence-electron chi connectivity index (χ0n) is 13.1. The fraction of sp³-hybridized carbons (Fsp3) is 0.412. The Morgan fingerprint density at radius 2 is 2.30 bits per heavy atom. The van der Waals surface area contributed by atoms with E-state index in [4.69, 9.17) is 4.74 Å². The molecule has 2 aliphatic rings. The number of amides is 1. The molecule has 2 fully saturated rings. The lowest BCUT2D eigenvalue weighted by Gasteiger charge is -2.26. The van der Waals surface area contributed by atoms with E-state index in [9.17, 15) is 4.79 Å². The summed E-state index contributed by atoms with van der Waals surface area (Å²) in [6.45, 7) is 3.62. The first-order valence-corrected chi connectivity index (χ1v) is 8.99.